The topological polar surface area (TPSA) is 54.0 Å². The number of carbonyl (C=O) groups excluding carboxylic acids is 1. The highest BCUT2D eigenvalue weighted by Gasteiger charge is 2.32. The van der Waals surface area contributed by atoms with Crippen molar-refractivity contribution < 1.29 is 18.0 Å². The fourth-order valence-corrected chi connectivity index (χ4v) is 1.79. The van der Waals surface area contributed by atoms with Gasteiger partial charge >= 0.3 is 6.18 Å². The zero-order valence-electron chi connectivity index (χ0n) is 11.7. The molecular formula is C15H14F3N3O. The van der Waals surface area contributed by atoms with Crippen LogP contribution in [0, 0.1) is 0 Å². The molecule has 1 aromatic heterocycles. The van der Waals surface area contributed by atoms with Crippen LogP contribution in [0.5, 0.6) is 0 Å². The van der Waals surface area contributed by atoms with Crippen molar-refractivity contribution in [3.05, 3.63) is 53.7 Å². The molecule has 1 amide bonds. The van der Waals surface area contributed by atoms with Crippen LogP contribution in [0.25, 0.3) is 0 Å². The number of halogens is 3. The van der Waals surface area contributed by atoms with Crippen molar-refractivity contribution in [1.82, 2.24) is 4.98 Å². The van der Waals surface area contributed by atoms with Crippen LogP contribution in [-0.4, -0.2) is 10.9 Å². The second-order valence-corrected chi connectivity index (χ2v) is 4.64. The molecule has 0 bridgehead atoms. The Morgan fingerprint density at radius 2 is 1.82 bits per heavy atom. The normalized spacial score (nSPS) is 11.1. The summed E-state index contributed by atoms with van der Waals surface area (Å²) in [5, 5.41) is 5.47. The van der Waals surface area contributed by atoms with Crippen molar-refractivity contribution in [2.24, 2.45) is 0 Å². The monoisotopic (exact) mass is 309 g/mol. The van der Waals surface area contributed by atoms with E-state index in [9.17, 15) is 18.0 Å². The Labute approximate surface area is 125 Å². The highest BCUT2D eigenvalue weighted by molar-refractivity contribution is 5.88. The molecule has 4 nitrogen and oxygen atoms in total. The third kappa shape index (κ3) is 4.47. The van der Waals surface area contributed by atoms with Gasteiger partial charge in [-0.2, -0.15) is 13.2 Å². The highest BCUT2D eigenvalue weighted by Crippen LogP contribution is 2.28. The number of benzene rings is 1. The molecule has 0 fully saturated rings. The summed E-state index contributed by atoms with van der Waals surface area (Å²) in [7, 11) is 0. The van der Waals surface area contributed by atoms with Crippen molar-refractivity contribution in [3.8, 4) is 0 Å². The average molecular weight is 309 g/mol. The maximum Gasteiger partial charge on any atom is 0.433 e. The molecule has 2 rings (SSSR count). The maximum atomic E-state index is 12.6. The van der Waals surface area contributed by atoms with Crippen LogP contribution >= 0.6 is 0 Å². The number of aromatic nitrogens is 1. The van der Waals surface area contributed by atoms with Crippen molar-refractivity contribution >= 4 is 17.4 Å². The largest absolute Gasteiger partial charge is 0.433 e. The van der Waals surface area contributed by atoms with Gasteiger partial charge in [-0.25, -0.2) is 4.98 Å². The Morgan fingerprint density at radius 1 is 1.14 bits per heavy atom. The zero-order valence-corrected chi connectivity index (χ0v) is 11.7. The first-order valence-corrected chi connectivity index (χ1v) is 6.49. The van der Waals surface area contributed by atoms with Crippen LogP contribution in [0.2, 0.25) is 0 Å². The first kappa shape index (κ1) is 15.8. The van der Waals surface area contributed by atoms with Gasteiger partial charge in [0.25, 0.3) is 0 Å². The lowest BCUT2D eigenvalue weighted by Gasteiger charge is -2.10. The molecule has 0 saturated heterocycles. The predicted molar refractivity (Wildman–Crippen MR) is 77.3 cm³/mol. The van der Waals surface area contributed by atoms with E-state index in [-0.39, 0.29) is 11.7 Å². The summed E-state index contributed by atoms with van der Waals surface area (Å²) in [4.78, 5) is 14.4. The van der Waals surface area contributed by atoms with Crippen molar-refractivity contribution in [3.63, 3.8) is 0 Å². The Bertz CT molecular complexity index is 654. The predicted octanol–water partition coefficient (Wildman–Crippen LogP) is 3.67. The van der Waals surface area contributed by atoms with Crippen LogP contribution < -0.4 is 10.6 Å². The lowest BCUT2D eigenvalue weighted by atomic mass is 10.2. The molecular weight excluding hydrogens is 295 g/mol. The van der Waals surface area contributed by atoms with Gasteiger partial charge in [0.15, 0.2) is 0 Å². The van der Waals surface area contributed by atoms with E-state index in [4.69, 9.17) is 0 Å². The minimum absolute atomic E-state index is 0.153. The summed E-state index contributed by atoms with van der Waals surface area (Å²) >= 11 is 0. The van der Waals surface area contributed by atoms with Gasteiger partial charge in [0.05, 0.1) is 0 Å². The van der Waals surface area contributed by atoms with E-state index in [1.807, 2.05) is 0 Å². The van der Waals surface area contributed by atoms with E-state index in [0.29, 0.717) is 12.2 Å². The number of carbonyl (C=O) groups is 1. The second kappa shape index (κ2) is 6.46. The average Bonchev–Trinajstić information content (AvgIpc) is 2.45. The second-order valence-electron chi connectivity index (χ2n) is 4.64. The Morgan fingerprint density at radius 3 is 2.41 bits per heavy atom. The smallest absolute Gasteiger partial charge is 0.366 e. The van der Waals surface area contributed by atoms with Gasteiger partial charge in [0, 0.05) is 19.2 Å². The number of alkyl halides is 3. The molecule has 1 heterocycles. The zero-order chi connectivity index (χ0) is 16.2. The third-order valence-corrected chi connectivity index (χ3v) is 2.79. The van der Waals surface area contributed by atoms with Gasteiger partial charge in [-0.05, 0) is 29.8 Å². The minimum atomic E-state index is -4.46. The van der Waals surface area contributed by atoms with E-state index in [1.54, 1.807) is 24.3 Å². The number of amides is 1. The number of anilines is 2. The summed E-state index contributed by atoms with van der Waals surface area (Å²) in [6.45, 7) is 1.74. The van der Waals surface area contributed by atoms with Crippen LogP contribution in [0.1, 0.15) is 18.2 Å². The molecule has 22 heavy (non-hydrogen) atoms. The standard InChI is InChI=1S/C15H14F3N3O/c1-10(22)20-12-7-5-11(6-8-12)9-19-14-4-2-3-13(21-14)15(16,17)18/h2-8H,9H2,1H3,(H,19,21)(H,20,22). The molecule has 2 aromatic rings. The maximum absolute atomic E-state index is 12.6. The first-order chi connectivity index (χ1) is 10.3. The molecule has 0 unspecified atom stereocenters. The summed E-state index contributed by atoms with van der Waals surface area (Å²) in [6, 6.07) is 10.7. The molecule has 116 valence electrons. The van der Waals surface area contributed by atoms with Gasteiger partial charge < -0.3 is 10.6 Å². The molecule has 0 aliphatic carbocycles. The van der Waals surface area contributed by atoms with Crippen LogP contribution in [-0.2, 0) is 17.5 Å². The summed E-state index contributed by atoms with van der Waals surface area (Å²) < 4.78 is 37.7. The number of pyridine rings is 1. The molecule has 0 aliphatic heterocycles. The lowest BCUT2D eigenvalue weighted by molar-refractivity contribution is -0.141. The summed E-state index contributed by atoms with van der Waals surface area (Å²) in [5.41, 5.74) is 0.584. The number of hydrogen-bond donors (Lipinski definition) is 2. The SMILES string of the molecule is CC(=O)Nc1ccc(CNc2cccc(C(F)(F)F)n2)cc1. The molecule has 0 aliphatic rings. The summed E-state index contributed by atoms with van der Waals surface area (Å²) in [5.74, 6) is -0.0141. The van der Waals surface area contributed by atoms with Gasteiger partial charge in [-0.3, -0.25) is 4.79 Å². The molecule has 7 heteroatoms. The molecule has 2 N–H and O–H groups in total. The molecule has 0 atom stereocenters. The number of nitrogens with zero attached hydrogens (tertiary/aromatic N) is 1. The van der Waals surface area contributed by atoms with E-state index in [0.717, 1.165) is 11.6 Å². The Hall–Kier alpha value is -2.57. The van der Waals surface area contributed by atoms with Crippen molar-refractivity contribution in [2.45, 2.75) is 19.6 Å². The van der Waals surface area contributed by atoms with E-state index in [1.165, 1.54) is 19.1 Å². The number of hydrogen-bond acceptors (Lipinski definition) is 3. The fraction of sp³-hybridized carbons (Fsp3) is 0.200. The number of nitrogens with one attached hydrogen (secondary N) is 2. The van der Waals surface area contributed by atoms with Crippen molar-refractivity contribution in [2.75, 3.05) is 10.6 Å². The quantitative estimate of drug-likeness (QED) is 0.906. The van der Waals surface area contributed by atoms with Crippen LogP contribution in [0.15, 0.2) is 42.5 Å². The van der Waals surface area contributed by atoms with Gasteiger partial charge in [-0.15, -0.1) is 0 Å². The van der Waals surface area contributed by atoms with Gasteiger partial charge in [0.1, 0.15) is 11.5 Å². The van der Waals surface area contributed by atoms with Crippen molar-refractivity contribution in [1.29, 1.82) is 0 Å². The molecule has 1 aromatic carbocycles. The minimum Gasteiger partial charge on any atom is -0.366 e. The fourth-order valence-electron chi connectivity index (χ4n) is 1.79. The van der Waals surface area contributed by atoms with Gasteiger partial charge in [0.2, 0.25) is 5.91 Å². The first-order valence-electron chi connectivity index (χ1n) is 6.49. The van der Waals surface area contributed by atoms with E-state index < -0.39 is 11.9 Å². The lowest BCUT2D eigenvalue weighted by Crippen LogP contribution is -2.10. The van der Waals surface area contributed by atoms with E-state index in [2.05, 4.69) is 15.6 Å². The van der Waals surface area contributed by atoms with Crippen LogP contribution in [0.3, 0.4) is 0 Å². The Kier molecular flexibility index (Phi) is 4.65. The molecule has 0 spiro atoms. The van der Waals surface area contributed by atoms with Gasteiger partial charge in [-0.1, -0.05) is 18.2 Å². The third-order valence-electron chi connectivity index (χ3n) is 2.79. The highest BCUT2D eigenvalue weighted by atomic mass is 19.4. The van der Waals surface area contributed by atoms with E-state index >= 15 is 0 Å². The molecule has 0 radical (unpaired) electrons. The summed E-state index contributed by atoms with van der Waals surface area (Å²) in [6.07, 6.45) is -4.46. The Balaban J connectivity index is 1.99. The molecule has 0 saturated carbocycles. The number of rotatable bonds is 4. The van der Waals surface area contributed by atoms with Crippen LogP contribution in [0.4, 0.5) is 24.7 Å².